The number of alkyl halides is 1. The molecule has 1 atom stereocenters. The van der Waals surface area contributed by atoms with Gasteiger partial charge in [-0.3, -0.25) is 0 Å². The number of rotatable bonds is 2. The number of carbonyl (C=O) groups is 1. The number of nitrogens with one attached hydrogen (secondary N) is 1. The van der Waals surface area contributed by atoms with Gasteiger partial charge < -0.3 is 9.72 Å². The molecule has 0 aliphatic rings. The molecule has 16 heavy (non-hydrogen) atoms. The third-order valence-corrected chi connectivity index (χ3v) is 2.56. The van der Waals surface area contributed by atoms with E-state index in [0.717, 1.165) is 7.11 Å². The Balaban J connectivity index is 2.54. The van der Waals surface area contributed by atoms with Crippen molar-refractivity contribution in [3.63, 3.8) is 0 Å². The molecule has 0 amide bonds. The summed E-state index contributed by atoms with van der Waals surface area (Å²) in [7, 11) is 1.14. The summed E-state index contributed by atoms with van der Waals surface area (Å²) in [6.45, 7) is 0. The van der Waals surface area contributed by atoms with Crippen LogP contribution in [0.4, 0.5) is 4.39 Å². The second-order valence-electron chi connectivity index (χ2n) is 3.15. The molecule has 0 saturated heterocycles. The average Bonchev–Trinajstić information content (AvgIpc) is 2.72. The minimum Gasteiger partial charge on any atom is -0.467 e. The van der Waals surface area contributed by atoms with Crippen LogP contribution in [-0.4, -0.2) is 23.0 Å². The van der Waals surface area contributed by atoms with Gasteiger partial charge >= 0.3 is 5.97 Å². The molecule has 0 radical (unpaired) electrons. The highest BCUT2D eigenvalue weighted by molar-refractivity contribution is 6.33. The van der Waals surface area contributed by atoms with Crippen molar-refractivity contribution in [1.29, 1.82) is 0 Å². The molecule has 6 heteroatoms. The number of esters is 1. The molecule has 0 aromatic carbocycles. The minimum atomic E-state index is -1.82. The molecule has 2 aromatic heterocycles. The van der Waals surface area contributed by atoms with Crippen LogP contribution in [0.2, 0.25) is 5.15 Å². The Morgan fingerprint density at radius 3 is 3.12 bits per heavy atom. The van der Waals surface area contributed by atoms with E-state index in [1.807, 2.05) is 0 Å². The second kappa shape index (κ2) is 4.09. The highest BCUT2D eigenvalue weighted by Crippen LogP contribution is 2.29. The van der Waals surface area contributed by atoms with Gasteiger partial charge in [-0.05, 0) is 6.07 Å². The molecule has 0 bridgehead atoms. The number of hydrogen-bond donors (Lipinski definition) is 1. The van der Waals surface area contributed by atoms with Gasteiger partial charge in [-0.2, -0.15) is 0 Å². The molecule has 1 N–H and O–H groups in total. The monoisotopic (exact) mass is 242 g/mol. The average molecular weight is 243 g/mol. The lowest BCUT2D eigenvalue weighted by Gasteiger charge is -2.04. The normalized spacial score (nSPS) is 12.7. The Morgan fingerprint density at radius 2 is 2.44 bits per heavy atom. The lowest BCUT2D eigenvalue weighted by molar-refractivity contribution is -0.146. The molecule has 0 saturated carbocycles. The summed E-state index contributed by atoms with van der Waals surface area (Å²) in [4.78, 5) is 17.7. The summed E-state index contributed by atoms with van der Waals surface area (Å²) in [5, 5.41) is 0.763. The number of fused-ring (bicyclic) bond motifs is 1. The molecular weight excluding hydrogens is 235 g/mol. The number of pyridine rings is 1. The molecule has 0 aliphatic carbocycles. The summed E-state index contributed by atoms with van der Waals surface area (Å²) in [5.41, 5.74) is 0.705. The lowest BCUT2D eigenvalue weighted by Crippen LogP contribution is -2.08. The predicted octanol–water partition coefficient (Wildman–Crippen LogP) is 2.40. The zero-order chi connectivity index (χ0) is 11.7. The van der Waals surface area contributed by atoms with E-state index >= 15 is 0 Å². The first kappa shape index (κ1) is 10.9. The maximum Gasteiger partial charge on any atom is 0.345 e. The predicted molar refractivity (Wildman–Crippen MR) is 57.0 cm³/mol. The SMILES string of the molecule is COC(=O)C(F)c1c[nH]c2c(Cl)nccc12. The number of carbonyl (C=O) groups excluding carboxylic acids is 1. The first-order chi connectivity index (χ1) is 7.65. The van der Waals surface area contributed by atoms with Crippen molar-refractivity contribution in [2.45, 2.75) is 6.17 Å². The fourth-order valence-electron chi connectivity index (χ4n) is 1.48. The van der Waals surface area contributed by atoms with Gasteiger partial charge in [0.1, 0.15) is 0 Å². The first-order valence-electron chi connectivity index (χ1n) is 4.48. The number of methoxy groups -OCH3 is 1. The molecule has 84 valence electrons. The Morgan fingerprint density at radius 1 is 1.69 bits per heavy atom. The smallest absolute Gasteiger partial charge is 0.345 e. The van der Waals surface area contributed by atoms with Gasteiger partial charge in [0, 0.05) is 23.3 Å². The van der Waals surface area contributed by atoms with Crippen LogP contribution in [-0.2, 0) is 9.53 Å². The standard InChI is InChI=1S/C10H8ClFN2O2/c1-16-10(15)7(12)6-4-14-8-5(6)2-3-13-9(8)11/h2-4,7,14H,1H3. The molecule has 2 aromatic rings. The van der Waals surface area contributed by atoms with Crippen molar-refractivity contribution in [2.24, 2.45) is 0 Å². The molecule has 4 nitrogen and oxygen atoms in total. The third kappa shape index (κ3) is 1.63. The fourth-order valence-corrected chi connectivity index (χ4v) is 1.69. The lowest BCUT2D eigenvalue weighted by atomic mass is 10.1. The molecular formula is C10H8ClFN2O2. The summed E-state index contributed by atoms with van der Waals surface area (Å²) in [6.07, 6.45) is 1.02. The second-order valence-corrected chi connectivity index (χ2v) is 3.51. The van der Waals surface area contributed by atoms with Gasteiger partial charge in [0.25, 0.3) is 0 Å². The Bertz CT molecular complexity index is 541. The van der Waals surface area contributed by atoms with E-state index in [1.165, 1.54) is 12.4 Å². The fraction of sp³-hybridized carbons (Fsp3) is 0.200. The largest absolute Gasteiger partial charge is 0.467 e. The zero-order valence-corrected chi connectivity index (χ0v) is 9.08. The Hall–Kier alpha value is -1.62. The number of H-pyrrole nitrogens is 1. The van der Waals surface area contributed by atoms with E-state index in [9.17, 15) is 9.18 Å². The van der Waals surface area contributed by atoms with Crippen molar-refractivity contribution in [3.05, 3.63) is 29.2 Å². The highest BCUT2D eigenvalue weighted by Gasteiger charge is 2.24. The van der Waals surface area contributed by atoms with E-state index in [1.54, 1.807) is 6.07 Å². The first-order valence-corrected chi connectivity index (χ1v) is 4.86. The van der Waals surface area contributed by atoms with E-state index in [0.29, 0.717) is 10.9 Å². The van der Waals surface area contributed by atoms with Gasteiger partial charge in [-0.15, -0.1) is 0 Å². The van der Waals surface area contributed by atoms with E-state index < -0.39 is 12.1 Å². The number of nitrogens with zero attached hydrogens (tertiary/aromatic N) is 1. The minimum absolute atomic E-state index is 0.200. The molecule has 2 heterocycles. The Labute approximate surface area is 95.4 Å². The third-order valence-electron chi connectivity index (χ3n) is 2.27. The van der Waals surface area contributed by atoms with Crippen molar-refractivity contribution in [3.8, 4) is 0 Å². The van der Waals surface area contributed by atoms with E-state index in [2.05, 4.69) is 14.7 Å². The topological polar surface area (TPSA) is 55.0 Å². The summed E-state index contributed by atoms with van der Waals surface area (Å²) in [5.74, 6) is -0.936. The number of hydrogen-bond acceptors (Lipinski definition) is 3. The van der Waals surface area contributed by atoms with Crippen LogP contribution in [0.3, 0.4) is 0 Å². The summed E-state index contributed by atoms with van der Waals surface area (Å²) >= 11 is 5.81. The molecule has 2 rings (SSSR count). The zero-order valence-electron chi connectivity index (χ0n) is 8.33. The van der Waals surface area contributed by atoms with Gasteiger partial charge in [-0.25, -0.2) is 14.2 Å². The maximum absolute atomic E-state index is 13.7. The van der Waals surface area contributed by atoms with Gasteiger partial charge in [0.05, 0.1) is 12.6 Å². The highest BCUT2D eigenvalue weighted by atomic mass is 35.5. The maximum atomic E-state index is 13.7. The molecule has 0 fully saturated rings. The van der Waals surface area contributed by atoms with Crippen molar-refractivity contribution >= 4 is 28.5 Å². The van der Waals surface area contributed by atoms with Crippen molar-refractivity contribution in [1.82, 2.24) is 9.97 Å². The number of aromatic amines is 1. The number of aromatic nitrogens is 2. The van der Waals surface area contributed by atoms with Crippen molar-refractivity contribution in [2.75, 3.05) is 7.11 Å². The van der Waals surface area contributed by atoms with Gasteiger partial charge in [0.2, 0.25) is 6.17 Å². The van der Waals surface area contributed by atoms with E-state index in [4.69, 9.17) is 11.6 Å². The molecule has 0 aliphatic heterocycles. The Kier molecular flexibility index (Phi) is 2.78. The summed E-state index contributed by atoms with van der Waals surface area (Å²) < 4.78 is 18.0. The summed E-state index contributed by atoms with van der Waals surface area (Å²) in [6, 6.07) is 1.59. The molecule has 1 unspecified atom stereocenters. The van der Waals surface area contributed by atoms with Crippen LogP contribution < -0.4 is 0 Å². The van der Waals surface area contributed by atoms with Crippen LogP contribution in [0.5, 0.6) is 0 Å². The van der Waals surface area contributed by atoms with Crippen LogP contribution in [0.15, 0.2) is 18.5 Å². The van der Waals surface area contributed by atoms with Crippen LogP contribution >= 0.6 is 11.6 Å². The quantitative estimate of drug-likeness (QED) is 0.650. The van der Waals surface area contributed by atoms with E-state index in [-0.39, 0.29) is 10.7 Å². The van der Waals surface area contributed by atoms with Gasteiger partial charge in [-0.1, -0.05) is 11.6 Å². The van der Waals surface area contributed by atoms with Crippen LogP contribution in [0.1, 0.15) is 11.7 Å². The van der Waals surface area contributed by atoms with Crippen LogP contribution in [0, 0.1) is 0 Å². The number of halogens is 2. The van der Waals surface area contributed by atoms with Crippen LogP contribution in [0.25, 0.3) is 10.9 Å². The molecule has 0 spiro atoms. The number of ether oxygens (including phenoxy) is 1. The van der Waals surface area contributed by atoms with Gasteiger partial charge in [0.15, 0.2) is 5.15 Å². The van der Waals surface area contributed by atoms with Crippen molar-refractivity contribution < 1.29 is 13.9 Å².